The first-order chi connectivity index (χ1) is 8.27. The minimum absolute atomic E-state index is 0.00557. The molecule has 0 unspecified atom stereocenters. The molecule has 0 spiro atoms. The molecule has 0 aromatic carbocycles. The number of amides is 1. The molecule has 0 saturated heterocycles. The topological polar surface area (TPSA) is 107 Å². The summed E-state index contributed by atoms with van der Waals surface area (Å²) in [5.41, 5.74) is 6.29. The zero-order valence-electron chi connectivity index (χ0n) is 8.96. The van der Waals surface area contributed by atoms with Gasteiger partial charge in [0.15, 0.2) is 0 Å². The van der Waals surface area contributed by atoms with Gasteiger partial charge in [-0.2, -0.15) is 0 Å². The number of rotatable bonds is 4. The molecule has 0 atom stereocenters. The van der Waals surface area contributed by atoms with Crippen LogP contribution in [0.5, 0.6) is 0 Å². The molecule has 1 amide bonds. The van der Waals surface area contributed by atoms with E-state index in [0.717, 1.165) is 5.69 Å². The van der Waals surface area contributed by atoms with Crippen molar-refractivity contribution in [2.45, 2.75) is 6.42 Å². The summed E-state index contributed by atoms with van der Waals surface area (Å²) in [6, 6.07) is 5.62. The number of pyridine rings is 1. The number of nitrogens with two attached hydrogens (primary N) is 1. The van der Waals surface area contributed by atoms with Crippen LogP contribution in [-0.2, 0) is 6.42 Å². The highest BCUT2D eigenvalue weighted by Gasteiger charge is 2.14. The molecule has 7 heteroatoms. The maximum Gasteiger partial charge on any atom is 0.277 e. The van der Waals surface area contributed by atoms with E-state index in [0.29, 0.717) is 13.0 Å². The highest BCUT2D eigenvalue weighted by molar-refractivity contribution is 5.95. The molecule has 0 bridgehead atoms. The fraction of sp³-hybridized carbons (Fsp3) is 0.200. The van der Waals surface area contributed by atoms with Gasteiger partial charge in [0.05, 0.1) is 0 Å². The second-order valence-corrected chi connectivity index (χ2v) is 3.33. The standard InChI is InChI=1S/C10H11N5O2/c11-9-8(14-17-15-9)10(16)13-6-4-7-3-1-2-5-12-7/h1-3,5H,4,6H2,(H2,11,15)(H,13,16). The summed E-state index contributed by atoms with van der Waals surface area (Å²) in [5.74, 6) is -0.417. The van der Waals surface area contributed by atoms with Crippen LogP contribution in [0.15, 0.2) is 29.0 Å². The Morgan fingerprint density at radius 3 is 2.94 bits per heavy atom. The maximum atomic E-state index is 11.5. The van der Waals surface area contributed by atoms with Gasteiger partial charge < -0.3 is 11.1 Å². The van der Waals surface area contributed by atoms with Crippen molar-refractivity contribution in [3.05, 3.63) is 35.8 Å². The van der Waals surface area contributed by atoms with Gasteiger partial charge in [0.25, 0.3) is 5.91 Å². The average Bonchev–Trinajstić information content (AvgIpc) is 2.77. The minimum Gasteiger partial charge on any atom is -0.379 e. The molecule has 0 aliphatic rings. The fourth-order valence-electron chi connectivity index (χ4n) is 1.29. The number of nitrogen functional groups attached to an aromatic ring is 1. The third kappa shape index (κ3) is 2.77. The third-order valence-electron chi connectivity index (χ3n) is 2.12. The number of carbonyl (C=O) groups is 1. The first-order valence-corrected chi connectivity index (χ1v) is 5.03. The van der Waals surface area contributed by atoms with Crippen LogP contribution in [0.2, 0.25) is 0 Å². The number of nitrogens with zero attached hydrogens (tertiary/aromatic N) is 3. The SMILES string of the molecule is Nc1nonc1C(=O)NCCc1ccccn1. The van der Waals surface area contributed by atoms with Gasteiger partial charge in [-0.05, 0) is 22.4 Å². The molecule has 2 rings (SSSR count). The van der Waals surface area contributed by atoms with Crippen molar-refractivity contribution >= 4 is 11.7 Å². The fourth-order valence-corrected chi connectivity index (χ4v) is 1.29. The van der Waals surface area contributed by atoms with E-state index in [9.17, 15) is 4.79 Å². The predicted octanol–water partition coefficient (Wildman–Crippen LogP) is 0.0193. The van der Waals surface area contributed by atoms with Crippen LogP contribution in [0.1, 0.15) is 16.2 Å². The first-order valence-electron chi connectivity index (χ1n) is 5.03. The second-order valence-electron chi connectivity index (χ2n) is 3.33. The van der Waals surface area contributed by atoms with Gasteiger partial charge in [-0.15, -0.1) is 0 Å². The van der Waals surface area contributed by atoms with Crippen molar-refractivity contribution in [3.8, 4) is 0 Å². The lowest BCUT2D eigenvalue weighted by atomic mass is 10.2. The second kappa shape index (κ2) is 5.06. The molecule has 88 valence electrons. The van der Waals surface area contributed by atoms with E-state index in [1.54, 1.807) is 6.20 Å². The third-order valence-corrected chi connectivity index (χ3v) is 2.12. The Kier molecular flexibility index (Phi) is 3.29. The molecule has 0 aliphatic heterocycles. The van der Waals surface area contributed by atoms with Crippen molar-refractivity contribution in [1.82, 2.24) is 20.6 Å². The smallest absolute Gasteiger partial charge is 0.277 e. The predicted molar refractivity (Wildman–Crippen MR) is 59.0 cm³/mol. The summed E-state index contributed by atoms with van der Waals surface area (Å²) in [7, 11) is 0. The number of anilines is 1. The Hall–Kier alpha value is -2.44. The van der Waals surface area contributed by atoms with Gasteiger partial charge in [-0.1, -0.05) is 6.07 Å². The van der Waals surface area contributed by atoms with E-state index in [2.05, 4.69) is 25.2 Å². The van der Waals surface area contributed by atoms with Gasteiger partial charge in [-0.3, -0.25) is 9.78 Å². The normalized spacial score (nSPS) is 10.1. The monoisotopic (exact) mass is 233 g/mol. The van der Waals surface area contributed by atoms with Gasteiger partial charge in [0.1, 0.15) is 0 Å². The maximum absolute atomic E-state index is 11.5. The van der Waals surface area contributed by atoms with Crippen molar-refractivity contribution in [2.24, 2.45) is 0 Å². The molecule has 0 fully saturated rings. The Bertz CT molecular complexity index is 496. The number of hydrogen-bond donors (Lipinski definition) is 2. The van der Waals surface area contributed by atoms with Crippen LogP contribution >= 0.6 is 0 Å². The molecular formula is C10H11N5O2. The van der Waals surface area contributed by atoms with Gasteiger partial charge >= 0.3 is 0 Å². The zero-order chi connectivity index (χ0) is 12.1. The molecule has 2 aromatic rings. The quantitative estimate of drug-likeness (QED) is 0.770. The summed E-state index contributed by atoms with van der Waals surface area (Å²) in [5, 5.41) is 9.38. The van der Waals surface area contributed by atoms with Crippen LogP contribution < -0.4 is 11.1 Å². The lowest BCUT2D eigenvalue weighted by molar-refractivity contribution is 0.0945. The van der Waals surface area contributed by atoms with E-state index < -0.39 is 5.91 Å². The molecular weight excluding hydrogens is 222 g/mol. The molecule has 3 N–H and O–H groups in total. The van der Waals surface area contributed by atoms with Crippen LogP contribution in [-0.4, -0.2) is 27.7 Å². The number of nitrogens with one attached hydrogen (secondary N) is 1. The Labute approximate surface area is 97.0 Å². The minimum atomic E-state index is -0.403. The van der Waals surface area contributed by atoms with Gasteiger partial charge in [0.2, 0.25) is 11.5 Å². The molecule has 0 saturated carbocycles. The Balaban J connectivity index is 1.84. The molecule has 0 radical (unpaired) electrons. The first kappa shape index (κ1) is 11.1. The van der Waals surface area contributed by atoms with Crippen LogP contribution in [0.3, 0.4) is 0 Å². The van der Waals surface area contributed by atoms with Crippen LogP contribution in [0, 0.1) is 0 Å². The lowest BCUT2D eigenvalue weighted by Crippen LogP contribution is -2.26. The van der Waals surface area contributed by atoms with Crippen molar-refractivity contribution in [2.75, 3.05) is 12.3 Å². The summed E-state index contributed by atoms with van der Waals surface area (Å²) >= 11 is 0. The number of hydrogen-bond acceptors (Lipinski definition) is 6. The Morgan fingerprint density at radius 2 is 2.29 bits per heavy atom. The highest BCUT2D eigenvalue weighted by atomic mass is 16.6. The van der Waals surface area contributed by atoms with Crippen LogP contribution in [0.25, 0.3) is 0 Å². The zero-order valence-corrected chi connectivity index (χ0v) is 8.96. The number of aromatic nitrogens is 3. The van der Waals surface area contributed by atoms with E-state index in [1.807, 2.05) is 18.2 Å². The molecule has 7 nitrogen and oxygen atoms in total. The van der Waals surface area contributed by atoms with Crippen molar-refractivity contribution < 1.29 is 9.42 Å². The number of carbonyl (C=O) groups excluding carboxylic acids is 1. The summed E-state index contributed by atoms with van der Waals surface area (Å²) in [4.78, 5) is 15.7. The molecule has 0 aliphatic carbocycles. The molecule has 17 heavy (non-hydrogen) atoms. The van der Waals surface area contributed by atoms with Crippen molar-refractivity contribution in [3.63, 3.8) is 0 Å². The van der Waals surface area contributed by atoms with E-state index in [4.69, 9.17) is 5.73 Å². The summed E-state index contributed by atoms with van der Waals surface area (Å²) < 4.78 is 4.33. The largest absolute Gasteiger partial charge is 0.379 e. The van der Waals surface area contributed by atoms with Gasteiger partial charge in [-0.25, -0.2) is 4.63 Å². The summed E-state index contributed by atoms with van der Waals surface area (Å²) in [6.45, 7) is 0.447. The average molecular weight is 233 g/mol. The molecule has 2 aromatic heterocycles. The van der Waals surface area contributed by atoms with Crippen molar-refractivity contribution in [1.29, 1.82) is 0 Å². The van der Waals surface area contributed by atoms with Crippen LogP contribution in [0.4, 0.5) is 5.82 Å². The lowest BCUT2D eigenvalue weighted by Gasteiger charge is -2.02. The van der Waals surface area contributed by atoms with E-state index in [1.165, 1.54) is 0 Å². The van der Waals surface area contributed by atoms with E-state index >= 15 is 0 Å². The summed E-state index contributed by atoms with van der Waals surface area (Å²) in [6.07, 6.45) is 2.34. The Morgan fingerprint density at radius 1 is 1.41 bits per heavy atom. The van der Waals surface area contributed by atoms with E-state index in [-0.39, 0.29) is 11.5 Å². The van der Waals surface area contributed by atoms with Gasteiger partial charge in [0, 0.05) is 24.9 Å². The highest BCUT2D eigenvalue weighted by Crippen LogP contribution is 2.03. The molecule has 2 heterocycles.